The molecule has 2 unspecified atom stereocenters. The van der Waals surface area contributed by atoms with Gasteiger partial charge < -0.3 is 0 Å². The highest BCUT2D eigenvalue weighted by Crippen LogP contribution is 2.48. The number of hydrogen-bond donors (Lipinski definition) is 0. The van der Waals surface area contributed by atoms with Gasteiger partial charge in [0.05, 0.1) is 0 Å². The Morgan fingerprint density at radius 3 is 2.42 bits per heavy atom. The van der Waals surface area contributed by atoms with Gasteiger partial charge in [0.15, 0.2) is 0 Å². The minimum absolute atomic E-state index is 0.0931. The highest BCUT2D eigenvalue weighted by atomic mass is 79.9. The molecule has 0 aromatic heterocycles. The summed E-state index contributed by atoms with van der Waals surface area (Å²) in [5.41, 5.74) is 7.27. The SMILES string of the molecule is C=CC(Br)C(C)[C@H](C)Cc1ccc2c(c1)C(C)(C)c1ccccc1-2. The van der Waals surface area contributed by atoms with Gasteiger partial charge in [-0.15, -0.1) is 6.58 Å². The van der Waals surface area contributed by atoms with E-state index >= 15 is 0 Å². The van der Waals surface area contributed by atoms with E-state index in [1.807, 2.05) is 6.08 Å². The highest BCUT2D eigenvalue weighted by molar-refractivity contribution is 9.09. The summed E-state index contributed by atoms with van der Waals surface area (Å²) in [4.78, 5) is 0.377. The molecule has 24 heavy (non-hydrogen) atoms. The van der Waals surface area contributed by atoms with Gasteiger partial charge in [-0.05, 0) is 46.1 Å². The van der Waals surface area contributed by atoms with Crippen molar-refractivity contribution in [1.82, 2.24) is 0 Å². The van der Waals surface area contributed by atoms with Crippen LogP contribution in [0.3, 0.4) is 0 Å². The number of benzene rings is 2. The standard InChI is InChI=1S/C23H27Br/c1-6-22(24)16(3)15(2)13-17-11-12-19-18-9-7-8-10-20(18)23(4,5)21(19)14-17/h6-12,14-16,22H,1,13H2,2-5H3/t15-,16?,22?/m1/s1. The van der Waals surface area contributed by atoms with E-state index in [9.17, 15) is 0 Å². The van der Waals surface area contributed by atoms with Gasteiger partial charge in [-0.1, -0.05) is 92.2 Å². The summed E-state index contributed by atoms with van der Waals surface area (Å²) in [7, 11) is 0. The average Bonchev–Trinajstić information content (AvgIpc) is 2.81. The Labute approximate surface area is 155 Å². The molecule has 2 aromatic carbocycles. The van der Waals surface area contributed by atoms with Gasteiger partial charge in [0.2, 0.25) is 0 Å². The molecule has 126 valence electrons. The zero-order valence-corrected chi connectivity index (χ0v) is 16.7. The molecule has 0 saturated heterocycles. The Morgan fingerprint density at radius 2 is 1.71 bits per heavy atom. The van der Waals surface area contributed by atoms with E-state index in [1.165, 1.54) is 27.8 Å². The molecule has 0 spiro atoms. The van der Waals surface area contributed by atoms with E-state index in [2.05, 4.69) is 92.7 Å². The van der Waals surface area contributed by atoms with Crippen LogP contribution in [0.25, 0.3) is 11.1 Å². The molecule has 3 rings (SSSR count). The van der Waals surface area contributed by atoms with Crippen molar-refractivity contribution in [3.63, 3.8) is 0 Å². The first-order chi connectivity index (χ1) is 11.4. The molecular formula is C23H27Br. The maximum Gasteiger partial charge on any atom is 0.0351 e. The topological polar surface area (TPSA) is 0 Å². The Morgan fingerprint density at radius 1 is 1.04 bits per heavy atom. The van der Waals surface area contributed by atoms with Crippen molar-refractivity contribution in [2.24, 2.45) is 11.8 Å². The molecule has 0 nitrogen and oxygen atoms in total. The summed E-state index contributed by atoms with van der Waals surface area (Å²) >= 11 is 3.73. The van der Waals surface area contributed by atoms with E-state index in [-0.39, 0.29) is 5.41 Å². The van der Waals surface area contributed by atoms with Crippen LogP contribution in [0.5, 0.6) is 0 Å². The number of halogens is 1. The molecular weight excluding hydrogens is 356 g/mol. The third-order valence-corrected chi connectivity index (χ3v) is 7.04. The van der Waals surface area contributed by atoms with E-state index in [1.54, 1.807) is 0 Å². The van der Waals surface area contributed by atoms with Crippen LogP contribution < -0.4 is 0 Å². The van der Waals surface area contributed by atoms with Crippen molar-refractivity contribution in [2.45, 2.75) is 44.4 Å². The highest BCUT2D eigenvalue weighted by Gasteiger charge is 2.35. The van der Waals surface area contributed by atoms with E-state index < -0.39 is 0 Å². The molecule has 0 saturated carbocycles. The number of alkyl halides is 1. The molecule has 0 fully saturated rings. The van der Waals surface area contributed by atoms with Crippen molar-refractivity contribution in [1.29, 1.82) is 0 Å². The number of fused-ring (bicyclic) bond motifs is 3. The molecule has 0 aliphatic heterocycles. The van der Waals surface area contributed by atoms with Crippen molar-refractivity contribution in [2.75, 3.05) is 0 Å². The lowest BCUT2D eigenvalue weighted by Gasteiger charge is -2.25. The quantitative estimate of drug-likeness (QED) is 0.395. The predicted molar refractivity (Wildman–Crippen MR) is 109 cm³/mol. The largest absolute Gasteiger partial charge is 0.102 e. The first kappa shape index (κ1) is 17.5. The summed E-state index contributed by atoms with van der Waals surface area (Å²) < 4.78 is 0. The van der Waals surface area contributed by atoms with Crippen LogP contribution in [0, 0.1) is 11.8 Å². The van der Waals surface area contributed by atoms with Crippen LogP contribution in [0.15, 0.2) is 55.1 Å². The monoisotopic (exact) mass is 382 g/mol. The minimum Gasteiger partial charge on any atom is -0.102 e. The van der Waals surface area contributed by atoms with Crippen LogP contribution in [0.1, 0.15) is 44.4 Å². The van der Waals surface area contributed by atoms with Gasteiger partial charge >= 0.3 is 0 Å². The van der Waals surface area contributed by atoms with Gasteiger partial charge in [0, 0.05) is 10.2 Å². The molecule has 0 N–H and O–H groups in total. The van der Waals surface area contributed by atoms with E-state index in [4.69, 9.17) is 0 Å². The molecule has 0 heterocycles. The van der Waals surface area contributed by atoms with Gasteiger partial charge in [0.25, 0.3) is 0 Å². The number of allylic oxidation sites excluding steroid dienone is 1. The van der Waals surface area contributed by atoms with Crippen molar-refractivity contribution in [3.05, 3.63) is 71.8 Å². The van der Waals surface area contributed by atoms with Gasteiger partial charge in [0.1, 0.15) is 0 Å². The van der Waals surface area contributed by atoms with Crippen molar-refractivity contribution >= 4 is 15.9 Å². The van der Waals surface area contributed by atoms with Crippen LogP contribution in [0.4, 0.5) is 0 Å². The average molecular weight is 383 g/mol. The fourth-order valence-electron chi connectivity index (χ4n) is 3.96. The van der Waals surface area contributed by atoms with Crippen molar-refractivity contribution < 1.29 is 0 Å². The molecule has 2 aromatic rings. The smallest absolute Gasteiger partial charge is 0.0351 e. The number of rotatable bonds is 5. The third-order valence-electron chi connectivity index (χ3n) is 5.83. The third kappa shape index (κ3) is 2.88. The maximum absolute atomic E-state index is 3.91. The Bertz CT molecular complexity index is 756. The molecule has 3 atom stereocenters. The Hall–Kier alpha value is -1.34. The van der Waals surface area contributed by atoms with Gasteiger partial charge in [-0.3, -0.25) is 0 Å². The molecule has 0 radical (unpaired) electrons. The summed E-state index contributed by atoms with van der Waals surface area (Å²) in [5.74, 6) is 1.18. The summed E-state index contributed by atoms with van der Waals surface area (Å²) in [5, 5.41) is 0. The zero-order chi connectivity index (χ0) is 17.5. The molecule has 1 aliphatic rings. The minimum atomic E-state index is 0.0931. The van der Waals surface area contributed by atoms with Crippen LogP contribution in [-0.2, 0) is 11.8 Å². The first-order valence-electron chi connectivity index (χ1n) is 8.86. The Balaban J connectivity index is 1.91. The van der Waals surface area contributed by atoms with Gasteiger partial charge in [-0.2, -0.15) is 0 Å². The summed E-state index contributed by atoms with van der Waals surface area (Å²) in [6.45, 7) is 13.3. The maximum atomic E-state index is 3.91. The van der Waals surface area contributed by atoms with E-state index in [0.717, 1.165) is 6.42 Å². The normalized spacial score (nSPS) is 18.4. The second-order valence-corrected chi connectivity index (χ2v) is 8.83. The van der Waals surface area contributed by atoms with Crippen molar-refractivity contribution in [3.8, 4) is 11.1 Å². The molecule has 1 aliphatic carbocycles. The zero-order valence-electron chi connectivity index (χ0n) is 15.1. The lowest BCUT2D eigenvalue weighted by atomic mass is 9.81. The molecule has 0 bridgehead atoms. The van der Waals surface area contributed by atoms with E-state index in [0.29, 0.717) is 16.7 Å². The molecule has 0 amide bonds. The Kier molecular flexibility index (Phi) is 4.75. The number of hydrogen-bond acceptors (Lipinski definition) is 0. The fourth-order valence-corrected chi connectivity index (χ4v) is 4.49. The van der Waals surface area contributed by atoms with Crippen LogP contribution in [0.2, 0.25) is 0 Å². The summed E-state index contributed by atoms with van der Waals surface area (Å²) in [6, 6.07) is 15.9. The van der Waals surface area contributed by atoms with Crippen LogP contribution >= 0.6 is 15.9 Å². The van der Waals surface area contributed by atoms with Gasteiger partial charge in [-0.25, -0.2) is 0 Å². The molecule has 1 heteroatoms. The summed E-state index contributed by atoms with van der Waals surface area (Å²) in [6.07, 6.45) is 3.11. The second kappa shape index (κ2) is 6.52. The lowest BCUT2D eigenvalue weighted by molar-refractivity contribution is 0.399. The van der Waals surface area contributed by atoms with Crippen LogP contribution in [-0.4, -0.2) is 4.83 Å². The first-order valence-corrected chi connectivity index (χ1v) is 9.77. The fraction of sp³-hybridized carbons (Fsp3) is 0.391. The lowest BCUT2D eigenvalue weighted by Crippen LogP contribution is -2.19. The second-order valence-electron chi connectivity index (χ2n) is 7.77. The predicted octanol–water partition coefficient (Wildman–Crippen LogP) is 6.76.